The molecule has 2 aromatic rings. The van der Waals surface area contributed by atoms with Crippen molar-refractivity contribution in [2.24, 2.45) is 0 Å². The predicted octanol–water partition coefficient (Wildman–Crippen LogP) is 3.50. The normalized spacial score (nSPS) is 10.2. The van der Waals surface area contributed by atoms with E-state index in [0.717, 1.165) is 0 Å². The summed E-state index contributed by atoms with van der Waals surface area (Å²) >= 11 is 12.1. The largest absolute Gasteiger partial charge is 0.465 e. The van der Waals surface area contributed by atoms with Crippen LogP contribution in [-0.4, -0.2) is 18.1 Å². The molecular formula is C13H11Cl2N3O2. The van der Waals surface area contributed by atoms with Crippen molar-refractivity contribution in [3.05, 3.63) is 46.1 Å². The molecule has 1 aromatic heterocycles. The lowest BCUT2D eigenvalue weighted by Gasteiger charge is -2.11. The highest BCUT2D eigenvalue weighted by molar-refractivity contribution is 6.39. The molecule has 0 atom stereocenters. The molecule has 0 saturated heterocycles. The van der Waals surface area contributed by atoms with Crippen LogP contribution in [0.2, 0.25) is 10.0 Å². The number of nitrogens with zero attached hydrogens (tertiary/aromatic N) is 1. The molecule has 0 saturated carbocycles. The van der Waals surface area contributed by atoms with Gasteiger partial charge < -0.3 is 15.8 Å². The zero-order valence-corrected chi connectivity index (χ0v) is 12.0. The maximum absolute atomic E-state index is 11.6. The standard InChI is InChI=1S/C13H11Cl2N3O2/c1-20-13(19)7-5-11(17-6-10(7)16)18-12-8(14)3-2-4-9(12)15/h2-6H,16H2,1H3,(H,17,18). The van der Waals surface area contributed by atoms with Crippen molar-refractivity contribution in [1.29, 1.82) is 0 Å². The molecule has 7 heteroatoms. The zero-order valence-electron chi connectivity index (χ0n) is 10.5. The number of benzene rings is 1. The summed E-state index contributed by atoms with van der Waals surface area (Å²) in [5, 5.41) is 3.83. The fourth-order valence-corrected chi connectivity index (χ4v) is 2.06. The first-order valence-corrected chi connectivity index (χ1v) is 6.33. The van der Waals surface area contributed by atoms with E-state index in [-0.39, 0.29) is 11.3 Å². The molecule has 0 aliphatic heterocycles. The van der Waals surface area contributed by atoms with Crippen molar-refractivity contribution in [2.45, 2.75) is 0 Å². The summed E-state index contributed by atoms with van der Waals surface area (Å²) < 4.78 is 4.64. The number of nitrogens with two attached hydrogens (primary N) is 1. The van der Waals surface area contributed by atoms with Gasteiger partial charge in [-0.1, -0.05) is 29.3 Å². The molecule has 20 heavy (non-hydrogen) atoms. The Balaban J connectivity index is 2.37. The SMILES string of the molecule is COC(=O)c1cc(Nc2c(Cl)cccc2Cl)ncc1N. The van der Waals surface area contributed by atoms with Crippen LogP contribution in [0.4, 0.5) is 17.2 Å². The number of rotatable bonds is 3. The number of halogens is 2. The van der Waals surface area contributed by atoms with E-state index in [1.54, 1.807) is 18.2 Å². The molecule has 0 radical (unpaired) electrons. The molecule has 0 aliphatic rings. The summed E-state index contributed by atoms with van der Waals surface area (Å²) in [4.78, 5) is 15.6. The molecule has 3 N–H and O–H groups in total. The third kappa shape index (κ3) is 2.95. The number of anilines is 3. The Morgan fingerprint density at radius 3 is 2.60 bits per heavy atom. The van der Waals surface area contributed by atoms with Gasteiger partial charge in [0.05, 0.1) is 40.3 Å². The zero-order chi connectivity index (χ0) is 14.7. The van der Waals surface area contributed by atoms with Gasteiger partial charge in [-0.25, -0.2) is 9.78 Å². The van der Waals surface area contributed by atoms with Gasteiger partial charge in [0.25, 0.3) is 0 Å². The van der Waals surface area contributed by atoms with Gasteiger partial charge in [0.15, 0.2) is 0 Å². The van der Waals surface area contributed by atoms with Crippen LogP contribution in [-0.2, 0) is 4.74 Å². The molecule has 1 aromatic carbocycles. The number of ether oxygens (including phenoxy) is 1. The molecule has 2 rings (SSSR count). The number of methoxy groups -OCH3 is 1. The van der Waals surface area contributed by atoms with Crippen molar-refractivity contribution < 1.29 is 9.53 Å². The maximum atomic E-state index is 11.6. The van der Waals surface area contributed by atoms with Gasteiger partial charge >= 0.3 is 5.97 Å². The predicted molar refractivity (Wildman–Crippen MR) is 79.7 cm³/mol. The maximum Gasteiger partial charge on any atom is 0.340 e. The smallest absolute Gasteiger partial charge is 0.340 e. The molecule has 0 unspecified atom stereocenters. The van der Waals surface area contributed by atoms with E-state index < -0.39 is 5.97 Å². The second-order valence-corrected chi connectivity index (χ2v) is 4.68. The third-order valence-corrected chi connectivity index (χ3v) is 3.19. The summed E-state index contributed by atoms with van der Waals surface area (Å²) in [6, 6.07) is 6.58. The number of nitrogens with one attached hydrogen (secondary N) is 1. The van der Waals surface area contributed by atoms with E-state index >= 15 is 0 Å². The summed E-state index contributed by atoms with van der Waals surface area (Å²) in [6.45, 7) is 0. The number of aromatic nitrogens is 1. The number of nitrogen functional groups attached to an aromatic ring is 1. The van der Waals surface area contributed by atoms with Crippen LogP contribution in [0.3, 0.4) is 0 Å². The summed E-state index contributed by atoms with van der Waals surface area (Å²) in [5.74, 6) is -0.159. The van der Waals surface area contributed by atoms with Gasteiger partial charge in [0.1, 0.15) is 5.82 Å². The third-order valence-electron chi connectivity index (χ3n) is 2.56. The van der Waals surface area contributed by atoms with E-state index in [1.807, 2.05) is 0 Å². The van der Waals surface area contributed by atoms with E-state index in [0.29, 0.717) is 21.6 Å². The first kappa shape index (κ1) is 14.4. The van der Waals surface area contributed by atoms with Crippen molar-refractivity contribution in [3.63, 3.8) is 0 Å². The van der Waals surface area contributed by atoms with E-state index in [2.05, 4.69) is 15.0 Å². The highest BCUT2D eigenvalue weighted by atomic mass is 35.5. The fourth-order valence-electron chi connectivity index (χ4n) is 1.57. The van der Waals surface area contributed by atoms with Crippen LogP contribution >= 0.6 is 23.2 Å². The van der Waals surface area contributed by atoms with Gasteiger partial charge in [0, 0.05) is 0 Å². The van der Waals surface area contributed by atoms with E-state index in [4.69, 9.17) is 28.9 Å². The van der Waals surface area contributed by atoms with Crippen molar-refractivity contribution in [1.82, 2.24) is 4.98 Å². The number of esters is 1. The van der Waals surface area contributed by atoms with Crippen LogP contribution < -0.4 is 11.1 Å². The lowest BCUT2D eigenvalue weighted by atomic mass is 10.2. The minimum Gasteiger partial charge on any atom is -0.465 e. The first-order valence-electron chi connectivity index (χ1n) is 5.57. The van der Waals surface area contributed by atoms with Gasteiger partial charge in [0.2, 0.25) is 0 Å². The molecule has 0 spiro atoms. The number of hydrogen-bond donors (Lipinski definition) is 2. The number of hydrogen-bond acceptors (Lipinski definition) is 5. The molecule has 104 valence electrons. The summed E-state index contributed by atoms with van der Waals surface area (Å²) in [7, 11) is 1.28. The Kier molecular flexibility index (Phi) is 4.32. The minimum absolute atomic E-state index is 0.216. The van der Waals surface area contributed by atoms with E-state index in [9.17, 15) is 4.79 Å². The second kappa shape index (κ2) is 5.98. The minimum atomic E-state index is -0.543. The lowest BCUT2D eigenvalue weighted by molar-refractivity contribution is 0.0602. The average molecular weight is 312 g/mol. The average Bonchev–Trinajstić information content (AvgIpc) is 2.44. The van der Waals surface area contributed by atoms with Gasteiger partial charge in [-0.15, -0.1) is 0 Å². The van der Waals surface area contributed by atoms with Gasteiger partial charge in [-0.05, 0) is 18.2 Å². The summed E-state index contributed by atoms with van der Waals surface area (Å²) in [6.07, 6.45) is 1.36. The van der Waals surface area contributed by atoms with Crippen LogP contribution in [0.25, 0.3) is 0 Å². The number of carbonyl (C=O) groups is 1. The van der Waals surface area contributed by atoms with Crippen molar-refractivity contribution in [2.75, 3.05) is 18.2 Å². The van der Waals surface area contributed by atoms with Crippen molar-refractivity contribution >= 4 is 46.4 Å². The lowest BCUT2D eigenvalue weighted by Crippen LogP contribution is -2.07. The number of carbonyl (C=O) groups excluding carboxylic acids is 1. The Morgan fingerprint density at radius 1 is 1.35 bits per heavy atom. The highest BCUT2D eigenvalue weighted by Crippen LogP contribution is 2.32. The molecule has 0 amide bonds. The Morgan fingerprint density at radius 2 is 2.00 bits per heavy atom. The molecule has 0 bridgehead atoms. The van der Waals surface area contributed by atoms with Crippen LogP contribution in [0.1, 0.15) is 10.4 Å². The van der Waals surface area contributed by atoms with Gasteiger partial charge in [-0.3, -0.25) is 0 Å². The van der Waals surface area contributed by atoms with E-state index in [1.165, 1.54) is 19.4 Å². The highest BCUT2D eigenvalue weighted by Gasteiger charge is 2.13. The topological polar surface area (TPSA) is 77.2 Å². The number of para-hydroxylation sites is 1. The Hall–Kier alpha value is -1.98. The Bertz CT molecular complexity index is 642. The second-order valence-electron chi connectivity index (χ2n) is 3.87. The molecular weight excluding hydrogens is 301 g/mol. The molecule has 1 heterocycles. The summed E-state index contributed by atoms with van der Waals surface area (Å²) in [5.41, 5.74) is 6.62. The number of pyridine rings is 1. The monoisotopic (exact) mass is 311 g/mol. The quantitative estimate of drug-likeness (QED) is 0.848. The molecule has 0 aliphatic carbocycles. The van der Waals surface area contributed by atoms with Gasteiger partial charge in [-0.2, -0.15) is 0 Å². The fraction of sp³-hybridized carbons (Fsp3) is 0.0769. The van der Waals surface area contributed by atoms with Crippen molar-refractivity contribution in [3.8, 4) is 0 Å². The first-order chi connectivity index (χ1) is 9.52. The molecule has 5 nitrogen and oxygen atoms in total. The van der Waals surface area contributed by atoms with Crippen LogP contribution in [0, 0.1) is 0 Å². The molecule has 0 fully saturated rings. The Labute approximate surface area is 125 Å². The van der Waals surface area contributed by atoms with Crippen LogP contribution in [0.15, 0.2) is 30.5 Å². The van der Waals surface area contributed by atoms with Crippen LogP contribution in [0.5, 0.6) is 0 Å².